The zero-order valence-corrected chi connectivity index (χ0v) is 44.1. The van der Waals surface area contributed by atoms with Gasteiger partial charge in [0.15, 0.2) is 0 Å². The van der Waals surface area contributed by atoms with Crippen molar-refractivity contribution in [2.24, 2.45) is 0 Å². The number of hydrogen-bond acceptors (Lipinski definition) is 8. The average molecular weight is 1140 g/mol. The summed E-state index contributed by atoms with van der Waals surface area (Å²) in [7, 11) is -8.84. The van der Waals surface area contributed by atoms with Crippen LogP contribution in [0.25, 0.3) is 0 Å². The summed E-state index contributed by atoms with van der Waals surface area (Å²) in [6, 6.07) is 45.8. The van der Waals surface area contributed by atoms with Crippen LogP contribution in [0.15, 0.2) is 155 Å². The van der Waals surface area contributed by atoms with Crippen molar-refractivity contribution in [2.45, 2.75) is 101 Å². The fourth-order valence-electron chi connectivity index (χ4n) is 9.26. The van der Waals surface area contributed by atoms with E-state index in [1.165, 1.54) is 34.4 Å². The number of benzene rings is 6. The number of rotatable bonds is 12. The van der Waals surface area contributed by atoms with Gasteiger partial charge in [-0.25, -0.2) is 0 Å². The normalized spacial score (nSPS) is 16.7. The quantitative estimate of drug-likeness (QED) is 0.0905. The van der Waals surface area contributed by atoms with Gasteiger partial charge in [-0.3, -0.25) is 0 Å². The van der Waals surface area contributed by atoms with E-state index < -0.39 is 20.2 Å². The van der Waals surface area contributed by atoms with Crippen LogP contribution in [0, 0.1) is 0 Å². The van der Waals surface area contributed by atoms with Crippen LogP contribution in [-0.2, 0) is 61.4 Å². The predicted octanol–water partition coefficient (Wildman–Crippen LogP) is 11.8. The minimum atomic E-state index is -4.42. The Labute approximate surface area is 427 Å². The Kier molecular flexibility index (Phi) is 16.1. The predicted molar refractivity (Wildman–Crippen MR) is 270 cm³/mol. The van der Waals surface area contributed by atoms with Gasteiger partial charge in [-0.05, 0) is 0 Å². The first-order valence-corrected chi connectivity index (χ1v) is 27.2. The van der Waals surface area contributed by atoms with Crippen LogP contribution >= 0.6 is 0 Å². The van der Waals surface area contributed by atoms with E-state index in [0.717, 1.165) is 30.4 Å². The summed E-state index contributed by atoms with van der Waals surface area (Å²) < 4.78 is 70.6. The molecule has 2 aliphatic rings. The summed E-state index contributed by atoms with van der Waals surface area (Å²) in [5.74, 6) is 1.23. The molecule has 0 saturated carbocycles. The fourth-order valence-corrected chi connectivity index (χ4v) is 12.0. The minimum absolute atomic E-state index is 0.115. The molecule has 0 aliphatic carbocycles. The summed E-state index contributed by atoms with van der Waals surface area (Å²) in [6.45, 7) is 18.7. The standard InChI is InChI=1S/2C27H30N2O3S.2Ag/c2*1-19(2)22-13-10-14-23(20(3)4)27(22)28-17-25(21-11-6-5-7-12-21)29(18-28)24-15-8-9-16-26(24)33(30,31)32;;/h2*5-16,19-20,25H,17H2,1-4H3,(H,30,31,32);;/t2*25-;;/m11../s1. The van der Waals surface area contributed by atoms with E-state index in [1.54, 1.807) is 36.4 Å². The Morgan fingerprint density at radius 3 is 0.985 bits per heavy atom. The molecule has 2 saturated heterocycles. The third-order valence-electron chi connectivity index (χ3n) is 12.5. The number of nitrogens with zero attached hydrogens (tertiary/aromatic N) is 4. The molecule has 0 amide bonds. The summed E-state index contributed by atoms with van der Waals surface area (Å²) in [6.07, 6.45) is 0. The molecular formula is C54H60Ag2N4O6S2. The van der Waals surface area contributed by atoms with Crippen LogP contribution in [-0.4, -0.2) is 47.0 Å². The summed E-state index contributed by atoms with van der Waals surface area (Å²) in [4.78, 5) is 8.19. The summed E-state index contributed by atoms with van der Waals surface area (Å²) >= 11 is 7.73. The van der Waals surface area contributed by atoms with Crippen molar-refractivity contribution in [3.8, 4) is 0 Å². The second-order valence-corrected chi connectivity index (χ2v) is 22.5. The average Bonchev–Trinajstić information content (AvgIpc) is 3.84. The molecule has 2 N–H and O–H groups in total. The molecular weight excluding hydrogens is 1080 g/mol. The molecule has 0 bridgehead atoms. The van der Waals surface area contributed by atoms with Gasteiger partial charge >= 0.3 is 431 Å². The molecule has 8 rings (SSSR count). The Morgan fingerprint density at radius 1 is 0.426 bits per heavy atom. The first-order chi connectivity index (χ1) is 32.2. The zero-order valence-electron chi connectivity index (χ0n) is 39.5. The maximum atomic E-state index is 12.3. The monoisotopic (exact) mass is 1140 g/mol. The van der Waals surface area contributed by atoms with Gasteiger partial charge in [-0.15, -0.1) is 0 Å². The van der Waals surface area contributed by atoms with Crippen molar-refractivity contribution >= 4 is 50.9 Å². The van der Waals surface area contributed by atoms with Gasteiger partial charge in [0, 0.05) is 0 Å². The molecule has 6 aromatic rings. The van der Waals surface area contributed by atoms with Crippen molar-refractivity contribution in [3.63, 3.8) is 0 Å². The van der Waals surface area contributed by atoms with Crippen molar-refractivity contribution in [3.05, 3.63) is 179 Å². The Morgan fingerprint density at radius 2 is 0.706 bits per heavy atom. The Balaban J connectivity index is 0.000000201. The van der Waals surface area contributed by atoms with Crippen LogP contribution < -0.4 is 19.6 Å². The topological polar surface area (TPSA) is 122 Å². The van der Waals surface area contributed by atoms with Crippen LogP contribution in [0.3, 0.4) is 0 Å². The van der Waals surface area contributed by atoms with Crippen molar-refractivity contribution in [1.82, 2.24) is 0 Å². The summed E-state index contributed by atoms with van der Waals surface area (Å²) in [5, 5.41) is 0. The molecule has 2 heterocycles. The van der Waals surface area contributed by atoms with Gasteiger partial charge < -0.3 is 0 Å². The van der Waals surface area contributed by atoms with E-state index in [4.69, 9.17) is 0 Å². The first kappa shape index (κ1) is 51.4. The second kappa shape index (κ2) is 21.3. The van der Waals surface area contributed by atoms with E-state index in [-0.39, 0.29) is 21.9 Å². The van der Waals surface area contributed by atoms with E-state index in [9.17, 15) is 25.9 Å². The van der Waals surface area contributed by atoms with Crippen LogP contribution in [0.5, 0.6) is 0 Å². The third kappa shape index (κ3) is 10.7. The SMILES string of the molecule is CC(C)c1cccc(C(C)C)c1N1C[C@H](c2ccccc2)N(c2ccccc2S(=O)(=O)O)[C]1=[Ag].CC(C)c1cccc(C(C)C)c1N1C[C@H](c2ccccc2)N(c2ccccc2S(=O)(=O)O)[C]1=[Ag]. The molecule has 0 aromatic heterocycles. The first-order valence-electron chi connectivity index (χ1n) is 22.8. The number of hydrogen-bond donors (Lipinski definition) is 2. The summed E-state index contributed by atoms with van der Waals surface area (Å²) in [5.41, 5.74) is 10.2. The van der Waals surface area contributed by atoms with Gasteiger partial charge in [0.1, 0.15) is 0 Å². The van der Waals surface area contributed by atoms with Crippen LogP contribution in [0.1, 0.15) is 125 Å². The number of para-hydroxylation sites is 4. The van der Waals surface area contributed by atoms with Crippen LogP contribution in [0.4, 0.5) is 22.7 Å². The van der Waals surface area contributed by atoms with Gasteiger partial charge in [0.05, 0.1) is 0 Å². The van der Waals surface area contributed by atoms with E-state index in [2.05, 4.69) is 167 Å². The molecule has 0 unspecified atom stereocenters. The van der Waals surface area contributed by atoms with E-state index in [0.29, 0.717) is 48.1 Å². The van der Waals surface area contributed by atoms with Crippen LogP contribution in [0.2, 0.25) is 0 Å². The fraction of sp³-hybridized carbons (Fsp3) is 0.296. The molecule has 6 aromatic carbocycles. The zero-order chi connectivity index (χ0) is 49.2. The molecule has 68 heavy (non-hydrogen) atoms. The maximum absolute atomic E-state index is 12.3. The van der Waals surface area contributed by atoms with Crippen molar-refractivity contribution < 1.29 is 67.1 Å². The second-order valence-electron chi connectivity index (χ2n) is 18.4. The van der Waals surface area contributed by atoms with Gasteiger partial charge in [-0.1, -0.05) is 0 Å². The molecule has 2 atom stereocenters. The number of anilines is 4. The molecule has 0 radical (unpaired) electrons. The molecule has 366 valence electrons. The van der Waals surface area contributed by atoms with E-state index in [1.807, 2.05) is 46.2 Å². The molecule has 0 spiro atoms. The van der Waals surface area contributed by atoms with Crippen molar-refractivity contribution in [1.29, 1.82) is 0 Å². The molecule has 2 aliphatic heterocycles. The molecule has 10 nitrogen and oxygen atoms in total. The Hall–Kier alpha value is -4.44. The Bertz CT molecular complexity index is 2760. The van der Waals surface area contributed by atoms with Gasteiger partial charge in [-0.2, -0.15) is 0 Å². The van der Waals surface area contributed by atoms with Gasteiger partial charge in [0.2, 0.25) is 0 Å². The van der Waals surface area contributed by atoms with E-state index >= 15 is 0 Å². The van der Waals surface area contributed by atoms with Crippen molar-refractivity contribution in [2.75, 3.05) is 32.7 Å². The molecule has 2 fully saturated rings. The van der Waals surface area contributed by atoms with Gasteiger partial charge in [0.25, 0.3) is 0 Å². The molecule has 14 heteroatoms. The third-order valence-corrected chi connectivity index (χ3v) is 15.8.